The molecule has 5 heteroatoms. The standard InChI is InChI=1S/C21H29N3O2/c1-15-6-4-9-20(10-15)26-14-18-7-5-8-19(12-18)22-21(25)13-24-17(3)11-16(2)23-24/h5,7-8,11-12,15,20H,4,6,9-10,13-14H2,1-3H3,(H,22,25)/t15-,20+/m1/s1. The maximum absolute atomic E-state index is 12.3. The van der Waals surface area contributed by atoms with E-state index in [-0.39, 0.29) is 12.5 Å². The maximum Gasteiger partial charge on any atom is 0.246 e. The van der Waals surface area contributed by atoms with E-state index in [0.29, 0.717) is 12.7 Å². The van der Waals surface area contributed by atoms with Crippen LogP contribution in [0.5, 0.6) is 0 Å². The van der Waals surface area contributed by atoms with Crippen molar-refractivity contribution in [1.82, 2.24) is 9.78 Å². The summed E-state index contributed by atoms with van der Waals surface area (Å²) in [6.45, 7) is 7.00. The third-order valence-electron chi connectivity index (χ3n) is 4.98. The van der Waals surface area contributed by atoms with E-state index < -0.39 is 0 Å². The second-order valence-electron chi connectivity index (χ2n) is 7.54. The average Bonchev–Trinajstić information content (AvgIpc) is 2.90. The summed E-state index contributed by atoms with van der Waals surface area (Å²) >= 11 is 0. The number of rotatable bonds is 6. The highest BCUT2D eigenvalue weighted by Crippen LogP contribution is 2.26. The molecule has 1 aliphatic rings. The fourth-order valence-corrected chi connectivity index (χ4v) is 3.65. The fraction of sp³-hybridized carbons (Fsp3) is 0.524. The number of nitrogens with zero attached hydrogens (tertiary/aromatic N) is 2. The highest BCUT2D eigenvalue weighted by molar-refractivity contribution is 5.90. The SMILES string of the molecule is Cc1cc(C)n(CC(=O)Nc2cccc(CO[C@H]3CCC[C@@H](C)C3)c2)n1. The quantitative estimate of drug-likeness (QED) is 0.843. The molecule has 1 aliphatic carbocycles. The number of aryl methyl sites for hydroxylation is 2. The van der Waals surface area contributed by atoms with Gasteiger partial charge in [0.15, 0.2) is 0 Å². The first-order valence-electron chi connectivity index (χ1n) is 9.51. The third kappa shape index (κ3) is 5.18. The van der Waals surface area contributed by atoms with Crippen molar-refractivity contribution in [2.75, 3.05) is 5.32 Å². The highest BCUT2D eigenvalue weighted by Gasteiger charge is 2.19. The summed E-state index contributed by atoms with van der Waals surface area (Å²) in [4.78, 5) is 12.3. The molecule has 26 heavy (non-hydrogen) atoms. The number of amides is 1. The van der Waals surface area contributed by atoms with Crippen molar-refractivity contribution in [2.24, 2.45) is 5.92 Å². The number of nitrogens with one attached hydrogen (secondary N) is 1. The predicted octanol–water partition coefficient (Wildman–Crippen LogP) is 4.23. The van der Waals surface area contributed by atoms with Gasteiger partial charge in [0.2, 0.25) is 5.91 Å². The molecule has 0 bridgehead atoms. The van der Waals surface area contributed by atoms with Crippen LogP contribution in [-0.2, 0) is 22.7 Å². The van der Waals surface area contributed by atoms with Gasteiger partial charge in [-0.2, -0.15) is 5.10 Å². The Balaban J connectivity index is 1.53. The number of hydrogen-bond acceptors (Lipinski definition) is 3. The molecule has 1 heterocycles. The second kappa shape index (κ2) is 8.49. The monoisotopic (exact) mass is 355 g/mol. The molecule has 0 unspecified atom stereocenters. The number of carbonyl (C=O) groups excluding carboxylic acids is 1. The van der Waals surface area contributed by atoms with Crippen LogP contribution in [0.4, 0.5) is 5.69 Å². The zero-order valence-electron chi connectivity index (χ0n) is 16.0. The van der Waals surface area contributed by atoms with Crippen LogP contribution in [-0.4, -0.2) is 21.8 Å². The van der Waals surface area contributed by atoms with Crippen LogP contribution in [0.25, 0.3) is 0 Å². The van der Waals surface area contributed by atoms with Gasteiger partial charge >= 0.3 is 0 Å². The minimum Gasteiger partial charge on any atom is -0.374 e. The summed E-state index contributed by atoms with van der Waals surface area (Å²) in [7, 11) is 0. The van der Waals surface area contributed by atoms with Crippen LogP contribution in [0.2, 0.25) is 0 Å². The molecular formula is C21H29N3O2. The Morgan fingerprint density at radius 1 is 1.31 bits per heavy atom. The predicted molar refractivity (Wildman–Crippen MR) is 103 cm³/mol. The minimum absolute atomic E-state index is 0.0737. The van der Waals surface area contributed by atoms with Gasteiger partial charge in [0.05, 0.1) is 18.4 Å². The van der Waals surface area contributed by atoms with E-state index in [2.05, 4.69) is 17.3 Å². The first-order chi connectivity index (χ1) is 12.5. The molecule has 2 atom stereocenters. The molecule has 1 saturated carbocycles. The largest absolute Gasteiger partial charge is 0.374 e. The topological polar surface area (TPSA) is 56.2 Å². The lowest BCUT2D eigenvalue weighted by atomic mass is 9.89. The highest BCUT2D eigenvalue weighted by atomic mass is 16.5. The maximum atomic E-state index is 12.3. The summed E-state index contributed by atoms with van der Waals surface area (Å²) in [6, 6.07) is 9.87. The average molecular weight is 355 g/mol. The van der Waals surface area contributed by atoms with Gasteiger partial charge in [0.1, 0.15) is 6.54 Å². The van der Waals surface area contributed by atoms with E-state index in [1.807, 2.05) is 44.2 Å². The number of anilines is 1. The van der Waals surface area contributed by atoms with Crippen molar-refractivity contribution >= 4 is 11.6 Å². The molecule has 140 valence electrons. The molecule has 5 nitrogen and oxygen atoms in total. The first-order valence-corrected chi connectivity index (χ1v) is 9.51. The molecule has 0 saturated heterocycles. The molecule has 1 aromatic heterocycles. The zero-order valence-corrected chi connectivity index (χ0v) is 16.0. The van der Waals surface area contributed by atoms with Gasteiger partial charge in [-0.25, -0.2) is 0 Å². The van der Waals surface area contributed by atoms with E-state index >= 15 is 0 Å². The van der Waals surface area contributed by atoms with Gasteiger partial charge in [-0.15, -0.1) is 0 Å². The normalized spacial score (nSPS) is 20.1. The Hall–Kier alpha value is -2.14. The lowest BCUT2D eigenvalue weighted by molar-refractivity contribution is -0.116. The lowest BCUT2D eigenvalue weighted by Crippen LogP contribution is -2.21. The Bertz CT molecular complexity index is 753. The number of ether oxygens (including phenoxy) is 1. The van der Waals surface area contributed by atoms with Crippen molar-refractivity contribution in [1.29, 1.82) is 0 Å². The van der Waals surface area contributed by atoms with Crippen molar-refractivity contribution in [3.05, 3.63) is 47.3 Å². The number of benzene rings is 1. The zero-order chi connectivity index (χ0) is 18.5. The molecule has 3 rings (SSSR count). The van der Waals surface area contributed by atoms with Gasteiger partial charge in [-0.1, -0.05) is 31.9 Å². The van der Waals surface area contributed by atoms with Crippen molar-refractivity contribution < 1.29 is 9.53 Å². The lowest BCUT2D eigenvalue weighted by Gasteiger charge is -2.26. The van der Waals surface area contributed by atoms with E-state index in [0.717, 1.165) is 41.4 Å². The third-order valence-corrected chi connectivity index (χ3v) is 4.98. The molecule has 0 radical (unpaired) electrons. The molecule has 0 aliphatic heterocycles. The molecule has 0 spiro atoms. The van der Waals surface area contributed by atoms with E-state index in [9.17, 15) is 4.79 Å². The summed E-state index contributed by atoms with van der Waals surface area (Å²) in [5, 5.41) is 7.29. The fourth-order valence-electron chi connectivity index (χ4n) is 3.65. The number of aromatic nitrogens is 2. The Labute approximate surface area is 155 Å². The van der Waals surface area contributed by atoms with Crippen LogP contribution in [0.1, 0.15) is 49.6 Å². The molecule has 1 aromatic carbocycles. The molecular weight excluding hydrogens is 326 g/mol. The summed E-state index contributed by atoms with van der Waals surface area (Å²) in [6.07, 6.45) is 5.25. The van der Waals surface area contributed by atoms with Crippen molar-refractivity contribution in [3.63, 3.8) is 0 Å². The van der Waals surface area contributed by atoms with Crippen LogP contribution >= 0.6 is 0 Å². The molecule has 2 aromatic rings. The van der Waals surface area contributed by atoms with Gasteiger partial charge in [-0.05, 0) is 56.4 Å². The number of carbonyl (C=O) groups is 1. The van der Waals surface area contributed by atoms with Crippen LogP contribution in [0.15, 0.2) is 30.3 Å². The minimum atomic E-state index is -0.0737. The molecule has 1 amide bonds. The van der Waals surface area contributed by atoms with Crippen molar-refractivity contribution in [3.8, 4) is 0 Å². The summed E-state index contributed by atoms with van der Waals surface area (Å²) in [5.41, 5.74) is 3.80. The summed E-state index contributed by atoms with van der Waals surface area (Å²) < 4.78 is 7.81. The Kier molecular flexibility index (Phi) is 6.09. The van der Waals surface area contributed by atoms with E-state index in [1.54, 1.807) is 4.68 Å². The van der Waals surface area contributed by atoms with Gasteiger partial charge in [0.25, 0.3) is 0 Å². The van der Waals surface area contributed by atoms with E-state index in [4.69, 9.17) is 4.74 Å². The van der Waals surface area contributed by atoms with Gasteiger partial charge < -0.3 is 10.1 Å². The molecule has 1 fully saturated rings. The number of hydrogen-bond donors (Lipinski definition) is 1. The molecule has 1 N–H and O–H groups in total. The van der Waals surface area contributed by atoms with E-state index in [1.165, 1.54) is 12.8 Å². The smallest absolute Gasteiger partial charge is 0.246 e. The Morgan fingerprint density at radius 3 is 2.88 bits per heavy atom. The van der Waals surface area contributed by atoms with Crippen LogP contribution in [0, 0.1) is 19.8 Å². The van der Waals surface area contributed by atoms with Gasteiger partial charge in [0, 0.05) is 11.4 Å². The first kappa shape index (κ1) is 18.6. The second-order valence-corrected chi connectivity index (χ2v) is 7.54. The van der Waals surface area contributed by atoms with Crippen LogP contribution in [0.3, 0.4) is 0 Å². The van der Waals surface area contributed by atoms with Gasteiger partial charge in [-0.3, -0.25) is 9.48 Å². The van der Waals surface area contributed by atoms with Crippen LogP contribution < -0.4 is 5.32 Å². The summed E-state index contributed by atoms with van der Waals surface area (Å²) in [5.74, 6) is 0.684. The van der Waals surface area contributed by atoms with Crippen molar-refractivity contribution in [2.45, 2.75) is 65.7 Å². The Morgan fingerprint density at radius 2 is 2.15 bits per heavy atom.